The maximum atomic E-state index is 5.96. The van der Waals surface area contributed by atoms with Crippen LogP contribution >= 0.6 is 0 Å². The van der Waals surface area contributed by atoms with Crippen molar-refractivity contribution in [1.29, 1.82) is 0 Å². The average Bonchev–Trinajstić information content (AvgIpc) is 2.37. The Labute approximate surface area is 114 Å². The minimum absolute atomic E-state index is 0.194. The van der Waals surface area contributed by atoms with Gasteiger partial charge >= 0.3 is 0 Å². The lowest BCUT2D eigenvalue weighted by Gasteiger charge is -2.45. The van der Waals surface area contributed by atoms with Gasteiger partial charge in [0.25, 0.3) is 0 Å². The van der Waals surface area contributed by atoms with Crippen molar-refractivity contribution < 1.29 is 4.74 Å². The summed E-state index contributed by atoms with van der Waals surface area (Å²) in [4.78, 5) is 4.79. The Bertz CT molecular complexity index is 189. The molecule has 2 aliphatic heterocycles. The molecule has 0 aliphatic carbocycles. The molecule has 18 heavy (non-hydrogen) atoms. The summed E-state index contributed by atoms with van der Waals surface area (Å²) >= 11 is 0. The molecule has 2 rings (SSSR count). The number of nitrogens with zero attached hydrogens (tertiary/aromatic N) is 2. The minimum atomic E-state index is 0.194. The van der Waals surface area contributed by atoms with Crippen LogP contribution < -0.4 is 0 Å². The maximum absolute atomic E-state index is 5.96. The third-order valence-corrected chi connectivity index (χ3v) is 3.34. The summed E-state index contributed by atoms with van der Waals surface area (Å²) in [6.45, 7) is 13.8. The van der Waals surface area contributed by atoms with Crippen molar-refractivity contribution in [2.45, 2.75) is 52.6 Å². The van der Waals surface area contributed by atoms with E-state index in [0.29, 0.717) is 0 Å². The van der Waals surface area contributed by atoms with Gasteiger partial charge in [0.15, 0.2) is 0 Å². The van der Waals surface area contributed by atoms with Crippen LogP contribution in [0.4, 0.5) is 0 Å². The largest absolute Gasteiger partial charge is 0.372 e. The summed E-state index contributed by atoms with van der Waals surface area (Å²) in [5.74, 6) is 0. The monoisotopic (exact) mass is 258 g/mol. The predicted octanol–water partition coefficient (Wildman–Crippen LogP) is 2.86. The molecule has 0 N–H and O–H groups in total. The molecule has 2 saturated heterocycles. The van der Waals surface area contributed by atoms with Crippen LogP contribution in [-0.4, -0.2) is 62.3 Å². The molecule has 3 heteroatoms. The van der Waals surface area contributed by atoms with E-state index >= 15 is 0 Å². The fraction of sp³-hybridized carbons (Fsp3) is 1.00. The average molecular weight is 258 g/mol. The lowest BCUT2D eigenvalue weighted by atomic mass is 9.90. The number of ether oxygens (including phenoxy) is 1. The highest BCUT2D eigenvalue weighted by atomic mass is 16.5. The van der Waals surface area contributed by atoms with Gasteiger partial charge in [0.1, 0.15) is 0 Å². The molecule has 0 aromatic carbocycles. The zero-order valence-corrected chi connectivity index (χ0v) is 13.5. The van der Waals surface area contributed by atoms with E-state index in [1.165, 1.54) is 32.4 Å². The topological polar surface area (TPSA) is 15.7 Å². The Morgan fingerprint density at radius 3 is 1.89 bits per heavy atom. The van der Waals surface area contributed by atoms with E-state index in [2.05, 4.69) is 37.7 Å². The molecule has 0 aromatic heterocycles. The van der Waals surface area contributed by atoms with Crippen molar-refractivity contribution in [2.75, 3.05) is 46.9 Å². The van der Waals surface area contributed by atoms with E-state index in [9.17, 15) is 0 Å². The van der Waals surface area contributed by atoms with Crippen molar-refractivity contribution >= 4 is 0 Å². The molecule has 2 heterocycles. The first kappa shape index (κ1) is 17.9. The normalized spacial score (nSPS) is 23.7. The predicted molar refractivity (Wildman–Crippen MR) is 80.2 cm³/mol. The second kappa shape index (κ2) is 9.76. The quantitative estimate of drug-likeness (QED) is 0.664. The standard InChI is InChI=1S/C10H20N2O.C3H8.C2H6/c1-11-5-3-10(4-6-11)9-12(2)7-8-13-10;1-3-2;1-2/h3-9H2,1-2H3;3H2,1-2H3;1-2H3. The first-order chi connectivity index (χ1) is 8.62. The molecular formula is C15H34N2O. The third-order valence-electron chi connectivity index (χ3n) is 3.34. The van der Waals surface area contributed by atoms with Crippen molar-refractivity contribution in [2.24, 2.45) is 0 Å². The Hall–Kier alpha value is -0.120. The number of likely N-dealkylation sites (tertiary alicyclic amines) is 1. The molecule has 1 spiro atoms. The molecule has 0 bridgehead atoms. The van der Waals surface area contributed by atoms with Gasteiger partial charge in [-0.25, -0.2) is 0 Å². The zero-order valence-electron chi connectivity index (χ0n) is 13.5. The smallest absolute Gasteiger partial charge is 0.0833 e. The van der Waals surface area contributed by atoms with Crippen LogP contribution in [0, 0.1) is 0 Å². The maximum Gasteiger partial charge on any atom is 0.0833 e. The van der Waals surface area contributed by atoms with Crippen molar-refractivity contribution in [3.8, 4) is 0 Å². The van der Waals surface area contributed by atoms with Gasteiger partial charge in [-0.2, -0.15) is 0 Å². The van der Waals surface area contributed by atoms with Gasteiger partial charge in [-0.15, -0.1) is 0 Å². The molecule has 110 valence electrons. The van der Waals surface area contributed by atoms with Gasteiger partial charge in [-0.05, 0) is 26.9 Å². The molecule has 0 unspecified atom stereocenters. The molecule has 2 aliphatic rings. The summed E-state index contributed by atoms with van der Waals surface area (Å²) in [6, 6.07) is 0. The SMILES string of the molecule is CC.CCC.CN1CCC2(CC1)CN(C)CCO2. The van der Waals surface area contributed by atoms with Crippen molar-refractivity contribution in [1.82, 2.24) is 9.80 Å². The summed E-state index contributed by atoms with van der Waals surface area (Å²) in [5, 5.41) is 0. The molecule has 3 nitrogen and oxygen atoms in total. The highest BCUT2D eigenvalue weighted by molar-refractivity contribution is 4.91. The van der Waals surface area contributed by atoms with Crippen molar-refractivity contribution in [3.05, 3.63) is 0 Å². The highest BCUT2D eigenvalue weighted by Gasteiger charge is 2.37. The molecule has 0 amide bonds. The van der Waals surface area contributed by atoms with E-state index in [0.717, 1.165) is 19.7 Å². The van der Waals surface area contributed by atoms with Gasteiger partial charge in [0.05, 0.1) is 12.2 Å². The van der Waals surface area contributed by atoms with Crippen LogP contribution in [0.1, 0.15) is 47.0 Å². The number of hydrogen-bond donors (Lipinski definition) is 0. The second-order valence-corrected chi connectivity index (χ2v) is 5.28. The summed E-state index contributed by atoms with van der Waals surface area (Å²) in [6.07, 6.45) is 3.65. The van der Waals surface area contributed by atoms with Crippen LogP contribution in [-0.2, 0) is 4.74 Å². The fourth-order valence-electron chi connectivity index (χ4n) is 2.36. The van der Waals surface area contributed by atoms with Gasteiger partial charge in [-0.1, -0.05) is 34.1 Å². The number of likely N-dealkylation sites (N-methyl/N-ethyl adjacent to an activating group) is 1. The number of morpholine rings is 1. The van der Waals surface area contributed by atoms with E-state index in [4.69, 9.17) is 4.74 Å². The highest BCUT2D eigenvalue weighted by Crippen LogP contribution is 2.28. The summed E-state index contributed by atoms with van der Waals surface area (Å²) < 4.78 is 5.96. The Kier molecular flexibility index (Phi) is 9.70. The number of hydrogen-bond acceptors (Lipinski definition) is 3. The number of piperidine rings is 1. The third kappa shape index (κ3) is 6.17. The zero-order chi connectivity index (χ0) is 14.0. The van der Waals surface area contributed by atoms with Crippen LogP contribution in [0.5, 0.6) is 0 Å². The fourth-order valence-corrected chi connectivity index (χ4v) is 2.36. The summed E-state index contributed by atoms with van der Waals surface area (Å²) in [5.41, 5.74) is 0.194. The first-order valence-electron chi connectivity index (χ1n) is 7.63. The first-order valence-corrected chi connectivity index (χ1v) is 7.63. The minimum Gasteiger partial charge on any atom is -0.372 e. The molecule has 2 fully saturated rings. The van der Waals surface area contributed by atoms with Crippen LogP contribution in [0.2, 0.25) is 0 Å². The Morgan fingerprint density at radius 1 is 0.944 bits per heavy atom. The van der Waals surface area contributed by atoms with Gasteiger partial charge in [-0.3, -0.25) is 0 Å². The summed E-state index contributed by atoms with van der Waals surface area (Å²) in [7, 11) is 4.39. The van der Waals surface area contributed by atoms with Crippen molar-refractivity contribution in [3.63, 3.8) is 0 Å². The van der Waals surface area contributed by atoms with Crippen LogP contribution in [0.25, 0.3) is 0 Å². The molecule has 0 radical (unpaired) electrons. The van der Waals surface area contributed by atoms with E-state index in [1.807, 2.05) is 13.8 Å². The Morgan fingerprint density at radius 2 is 1.44 bits per heavy atom. The van der Waals surface area contributed by atoms with E-state index in [-0.39, 0.29) is 5.60 Å². The van der Waals surface area contributed by atoms with Crippen LogP contribution in [0.3, 0.4) is 0 Å². The lowest BCUT2D eigenvalue weighted by Crippen LogP contribution is -2.55. The lowest BCUT2D eigenvalue weighted by molar-refractivity contribution is -0.128. The van der Waals surface area contributed by atoms with E-state index in [1.54, 1.807) is 0 Å². The van der Waals surface area contributed by atoms with E-state index < -0.39 is 0 Å². The van der Waals surface area contributed by atoms with Crippen LogP contribution in [0.15, 0.2) is 0 Å². The van der Waals surface area contributed by atoms with Gasteiger partial charge in [0, 0.05) is 26.2 Å². The van der Waals surface area contributed by atoms with Gasteiger partial charge < -0.3 is 14.5 Å². The molecule has 0 atom stereocenters. The second-order valence-electron chi connectivity index (χ2n) is 5.28. The molecule has 0 saturated carbocycles. The molecule has 0 aromatic rings. The molecular weight excluding hydrogens is 224 g/mol. The number of rotatable bonds is 0. The Balaban J connectivity index is 0.000000509. The van der Waals surface area contributed by atoms with Gasteiger partial charge in [0.2, 0.25) is 0 Å².